The summed E-state index contributed by atoms with van der Waals surface area (Å²) < 4.78 is 8.28. The van der Waals surface area contributed by atoms with E-state index < -0.39 is 12.0 Å². The number of phenols is 1. The van der Waals surface area contributed by atoms with Crippen LogP contribution in [0.25, 0.3) is 0 Å². The monoisotopic (exact) mass is 650 g/mol. The van der Waals surface area contributed by atoms with Crippen LogP contribution in [0.1, 0.15) is 5.56 Å². The number of aromatic hydroxyl groups is 1. The molecule has 23 heavy (non-hydrogen) atoms. The first-order valence-corrected chi connectivity index (χ1v) is 9.62. The predicted molar refractivity (Wildman–Crippen MR) is 109 cm³/mol. The van der Waals surface area contributed by atoms with Gasteiger partial charge >= 0.3 is 0 Å². The highest BCUT2D eigenvalue weighted by Gasteiger charge is 2.13. The number of rotatable bonds is 5. The Labute approximate surface area is 174 Å². The van der Waals surface area contributed by atoms with Crippen molar-refractivity contribution in [1.29, 1.82) is 0 Å². The normalized spacial score (nSPS) is 12.0. The number of carboxylic acid groups (broad SMARTS) is 1. The summed E-state index contributed by atoms with van der Waals surface area (Å²) in [6, 6.07) is 7.64. The summed E-state index contributed by atoms with van der Waals surface area (Å²) in [5.41, 5.74) is 6.33. The molecule has 8 heteroatoms. The van der Waals surface area contributed by atoms with Crippen molar-refractivity contribution < 1.29 is 19.7 Å². The minimum Gasteiger partial charge on any atom is -0.548 e. The molecule has 0 heterocycles. The van der Waals surface area contributed by atoms with Gasteiger partial charge in [-0.05, 0) is 110 Å². The van der Waals surface area contributed by atoms with Crippen LogP contribution in [0.2, 0.25) is 0 Å². The molecule has 5 nitrogen and oxygen atoms in total. The standard InChI is InChI=1S/C15H12I3NO4/c16-9-6-8(1-2-13(9)20)23-14-10(17)3-7(4-11(14)18)5-12(19)15(21)22/h1-4,6,12,20H,5,19H2,(H,21,22)/p-1/t12-/m0/s1. The topological polar surface area (TPSA) is 95.6 Å². The lowest BCUT2D eigenvalue weighted by Gasteiger charge is -2.15. The zero-order valence-electron chi connectivity index (χ0n) is 11.6. The van der Waals surface area contributed by atoms with E-state index in [2.05, 4.69) is 45.2 Å². The van der Waals surface area contributed by atoms with E-state index in [0.717, 1.165) is 12.7 Å². The van der Waals surface area contributed by atoms with E-state index in [-0.39, 0.29) is 12.2 Å². The van der Waals surface area contributed by atoms with Gasteiger partial charge in [0.25, 0.3) is 0 Å². The van der Waals surface area contributed by atoms with Crippen molar-refractivity contribution in [3.63, 3.8) is 0 Å². The SMILES string of the molecule is N[C@@H](Cc1cc(I)c(Oc2ccc(O)c(I)c2)c(I)c1)C(=O)[O-]. The number of nitrogens with two attached hydrogens (primary N) is 1. The highest BCUT2D eigenvalue weighted by molar-refractivity contribution is 14.1. The summed E-state index contributed by atoms with van der Waals surface area (Å²) in [4.78, 5) is 10.8. The van der Waals surface area contributed by atoms with E-state index >= 15 is 0 Å². The van der Waals surface area contributed by atoms with Crippen molar-refractivity contribution in [1.82, 2.24) is 0 Å². The predicted octanol–water partition coefficient (Wildman–Crippen LogP) is 2.62. The summed E-state index contributed by atoms with van der Waals surface area (Å²) in [5, 5.41) is 20.3. The number of carbonyl (C=O) groups excluding carboxylic acids is 1. The fraction of sp³-hybridized carbons (Fsp3) is 0.133. The third kappa shape index (κ3) is 5.06. The highest BCUT2D eigenvalue weighted by Crippen LogP contribution is 2.34. The zero-order valence-corrected chi connectivity index (χ0v) is 18.0. The maximum atomic E-state index is 10.8. The number of carbonyl (C=O) groups is 1. The average Bonchev–Trinajstić information content (AvgIpc) is 2.46. The number of phenolic OH excluding ortho intramolecular Hbond substituents is 1. The van der Waals surface area contributed by atoms with Crippen LogP contribution >= 0.6 is 67.8 Å². The van der Waals surface area contributed by atoms with Crippen LogP contribution in [0.15, 0.2) is 30.3 Å². The molecule has 0 spiro atoms. The van der Waals surface area contributed by atoms with Crippen molar-refractivity contribution >= 4 is 73.7 Å². The van der Waals surface area contributed by atoms with Gasteiger partial charge in [0.15, 0.2) is 5.75 Å². The quantitative estimate of drug-likeness (QED) is 0.486. The summed E-state index contributed by atoms with van der Waals surface area (Å²) in [6.45, 7) is 0. The first-order chi connectivity index (χ1) is 10.8. The number of halogens is 3. The Morgan fingerprint density at radius 2 is 1.78 bits per heavy atom. The Morgan fingerprint density at radius 1 is 1.17 bits per heavy atom. The number of aliphatic carboxylic acids is 1. The van der Waals surface area contributed by atoms with Crippen LogP contribution in [0.5, 0.6) is 17.2 Å². The van der Waals surface area contributed by atoms with Gasteiger partial charge in [-0.2, -0.15) is 0 Å². The van der Waals surface area contributed by atoms with Crippen LogP contribution in [0.3, 0.4) is 0 Å². The largest absolute Gasteiger partial charge is 0.548 e. The minimum atomic E-state index is -1.27. The first-order valence-electron chi connectivity index (χ1n) is 6.38. The fourth-order valence-corrected chi connectivity index (χ4v) is 4.44. The van der Waals surface area contributed by atoms with Gasteiger partial charge in [0, 0.05) is 6.04 Å². The number of benzene rings is 2. The maximum absolute atomic E-state index is 10.8. The summed E-state index contributed by atoms with van der Waals surface area (Å²) in [7, 11) is 0. The van der Waals surface area contributed by atoms with Gasteiger partial charge in [0.05, 0.1) is 16.7 Å². The molecule has 0 unspecified atom stereocenters. The smallest absolute Gasteiger partial charge is 0.154 e. The molecule has 0 aromatic heterocycles. The summed E-state index contributed by atoms with van der Waals surface area (Å²) >= 11 is 6.29. The second kappa shape index (κ2) is 8.16. The Kier molecular flexibility index (Phi) is 6.74. The van der Waals surface area contributed by atoms with E-state index in [1.54, 1.807) is 18.2 Å². The molecule has 122 valence electrons. The molecule has 0 fully saturated rings. The molecule has 1 atom stereocenters. The van der Waals surface area contributed by atoms with Crippen LogP contribution in [-0.4, -0.2) is 17.1 Å². The Morgan fingerprint density at radius 3 is 2.30 bits per heavy atom. The molecular weight excluding hydrogens is 639 g/mol. The third-order valence-corrected chi connectivity index (χ3v) is 5.42. The molecule has 0 saturated heterocycles. The number of hydrogen-bond acceptors (Lipinski definition) is 5. The number of carboxylic acids is 1. The van der Waals surface area contributed by atoms with E-state index in [0.29, 0.717) is 15.1 Å². The van der Waals surface area contributed by atoms with Crippen molar-refractivity contribution in [3.05, 3.63) is 46.6 Å². The number of ether oxygens (including phenoxy) is 1. The molecule has 3 N–H and O–H groups in total. The van der Waals surface area contributed by atoms with Crippen molar-refractivity contribution in [2.24, 2.45) is 5.73 Å². The highest BCUT2D eigenvalue weighted by atomic mass is 127. The number of hydrogen-bond donors (Lipinski definition) is 2. The second-order valence-corrected chi connectivity index (χ2v) is 8.22. The molecular formula is C15H11I3NO4-. The van der Waals surface area contributed by atoms with Gasteiger partial charge in [0.2, 0.25) is 0 Å². The molecule has 2 aromatic rings. The molecule has 0 amide bonds. The lowest BCUT2D eigenvalue weighted by Crippen LogP contribution is -2.43. The van der Waals surface area contributed by atoms with E-state index in [4.69, 9.17) is 10.5 Å². The van der Waals surface area contributed by atoms with Gasteiger partial charge < -0.3 is 25.5 Å². The van der Waals surface area contributed by atoms with E-state index in [1.807, 2.05) is 34.7 Å². The third-order valence-electron chi connectivity index (χ3n) is 2.96. The molecule has 2 aromatic carbocycles. The first kappa shape index (κ1) is 19.0. The lowest BCUT2D eigenvalue weighted by atomic mass is 10.1. The Bertz CT molecular complexity index is 728. The molecule has 0 radical (unpaired) electrons. The summed E-state index contributed by atoms with van der Waals surface area (Å²) in [5.74, 6) is 0.226. The van der Waals surface area contributed by atoms with Crippen LogP contribution < -0.4 is 15.6 Å². The average molecular weight is 650 g/mol. The minimum absolute atomic E-state index is 0.200. The Hall–Kier alpha value is -0.340. The second-order valence-electron chi connectivity index (χ2n) is 4.73. The van der Waals surface area contributed by atoms with E-state index in [9.17, 15) is 15.0 Å². The van der Waals surface area contributed by atoms with Gasteiger partial charge in [-0.25, -0.2) is 0 Å². The van der Waals surface area contributed by atoms with Gasteiger partial charge in [-0.1, -0.05) is 0 Å². The van der Waals surface area contributed by atoms with Crippen LogP contribution in [-0.2, 0) is 11.2 Å². The van der Waals surface area contributed by atoms with Crippen LogP contribution in [0.4, 0.5) is 0 Å². The van der Waals surface area contributed by atoms with Gasteiger partial charge in [-0.15, -0.1) is 0 Å². The lowest BCUT2D eigenvalue weighted by molar-refractivity contribution is -0.307. The fourth-order valence-electron chi connectivity index (χ4n) is 1.83. The molecule has 0 saturated carbocycles. The van der Waals surface area contributed by atoms with Crippen LogP contribution in [0, 0.1) is 10.7 Å². The zero-order chi connectivity index (χ0) is 17.1. The van der Waals surface area contributed by atoms with E-state index in [1.165, 1.54) is 0 Å². The maximum Gasteiger partial charge on any atom is 0.154 e. The van der Waals surface area contributed by atoms with Gasteiger partial charge in [-0.3, -0.25) is 0 Å². The summed E-state index contributed by atoms with van der Waals surface area (Å²) in [6.07, 6.45) is 0.200. The van der Waals surface area contributed by atoms with Crippen molar-refractivity contribution in [2.45, 2.75) is 12.5 Å². The van der Waals surface area contributed by atoms with Crippen molar-refractivity contribution in [3.8, 4) is 17.2 Å². The molecule has 0 aliphatic rings. The molecule has 0 aliphatic heterocycles. The molecule has 0 aliphatic carbocycles. The van der Waals surface area contributed by atoms with Gasteiger partial charge in [0.1, 0.15) is 11.5 Å². The Balaban J connectivity index is 2.26. The molecule has 0 bridgehead atoms. The van der Waals surface area contributed by atoms with Crippen molar-refractivity contribution in [2.75, 3.05) is 0 Å². The molecule has 2 rings (SSSR count).